The van der Waals surface area contributed by atoms with Gasteiger partial charge in [0.15, 0.2) is 5.69 Å². The number of rotatable bonds is 4. The lowest BCUT2D eigenvalue weighted by Crippen LogP contribution is -2.25. The van der Waals surface area contributed by atoms with Crippen molar-refractivity contribution in [2.45, 2.75) is 45.1 Å². The fourth-order valence-corrected chi connectivity index (χ4v) is 2.38. The number of aromatic carboxylic acids is 1. The standard InChI is InChI=1S/C13H18N2O3/c1-2-9-4-3-5-10(6-9)18-12-8-14-11(7-15-12)13(16)17/h7-10H,2-6H2,1H3,(H,16,17). The van der Waals surface area contributed by atoms with Crippen LogP contribution in [0.3, 0.4) is 0 Å². The quantitative estimate of drug-likeness (QED) is 0.888. The summed E-state index contributed by atoms with van der Waals surface area (Å²) in [7, 11) is 0. The maximum Gasteiger partial charge on any atom is 0.356 e. The van der Waals surface area contributed by atoms with Crippen molar-refractivity contribution in [2.24, 2.45) is 5.92 Å². The van der Waals surface area contributed by atoms with Gasteiger partial charge in [-0.2, -0.15) is 0 Å². The van der Waals surface area contributed by atoms with Crippen molar-refractivity contribution in [1.82, 2.24) is 9.97 Å². The molecule has 2 unspecified atom stereocenters. The molecule has 5 heteroatoms. The summed E-state index contributed by atoms with van der Waals surface area (Å²) < 4.78 is 5.76. The van der Waals surface area contributed by atoms with Gasteiger partial charge in [-0.3, -0.25) is 0 Å². The molecule has 0 spiro atoms. The Balaban J connectivity index is 1.94. The molecule has 5 nitrogen and oxygen atoms in total. The van der Waals surface area contributed by atoms with E-state index in [2.05, 4.69) is 16.9 Å². The number of hydrogen-bond donors (Lipinski definition) is 1. The predicted octanol–water partition coefficient (Wildman–Crippen LogP) is 2.52. The molecule has 98 valence electrons. The van der Waals surface area contributed by atoms with Crippen LogP contribution in [0.25, 0.3) is 0 Å². The lowest BCUT2D eigenvalue weighted by molar-refractivity contribution is 0.0689. The molecule has 0 radical (unpaired) electrons. The maximum absolute atomic E-state index is 10.6. The Kier molecular flexibility index (Phi) is 4.12. The summed E-state index contributed by atoms with van der Waals surface area (Å²) in [6.07, 6.45) is 8.55. The first kappa shape index (κ1) is 12.8. The van der Waals surface area contributed by atoms with Gasteiger partial charge in [0, 0.05) is 0 Å². The first-order valence-electron chi connectivity index (χ1n) is 6.41. The minimum absolute atomic E-state index is 0.0579. The van der Waals surface area contributed by atoms with Crippen molar-refractivity contribution >= 4 is 5.97 Å². The average molecular weight is 250 g/mol. The number of ether oxygens (including phenoxy) is 1. The highest BCUT2D eigenvalue weighted by molar-refractivity contribution is 5.84. The van der Waals surface area contributed by atoms with Crippen LogP contribution in [0.1, 0.15) is 49.5 Å². The van der Waals surface area contributed by atoms with Crippen LogP contribution in [0.15, 0.2) is 12.4 Å². The van der Waals surface area contributed by atoms with Gasteiger partial charge in [-0.15, -0.1) is 0 Å². The molecule has 0 bridgehead atoms. The van der Waals surface area contributed by atoms with Crippen molar-refractivity contribution in [3.63, 3.8) is 0 Å². The third-order valence-corrected chi connectivity index (χ3v) is 3.45. The van der Waals surface area contributed by atoms with Crippen molar-refractivity contribution < 1.29 is 14.6 Å². The summed E-state index contributed by atoms with van der Waals surface area (Å²) in [6.45, 7) is 2.20. The minimum atomic E-state index is -1.07. The van der Waals surface area contributed by atoms with Crippen LogP contribution < -0.4 is 4.74 Å². The van der Waals surface area contributed by atoms with Gasteiger partial charge < -0.3 is 9.84 Å². The molecule has 1 heterocycles. The molecule has 18 heavy (non-hydrogen) atoms. The monoisotopic (exact) mass is 250 g/mol. The van der Waals surface area contributed by atoms with Gasteiger partial charge in [0.05, 0.1) is 12.4 Å². The maximum atomic E-state index is 10.6. The smallest absolute Gasteiger partial charge is 0.356 e. The predicted molar refractivity (Wildman–Crippen MR) is 65.7 cm³/mol. The van der Waals surface area contributed by atoms with Crippen LogP contribution in [-0.2, 0) is 0 Å². The zero-order valence-corrected chi connectivity index (χ0v) is 10.5. The highest BCUT2D eigenvalue weighted by Crippen LogP contribution is 2.28. The zero-order valence-electron chi connectivity index (χ0n) is 10.5. The Hall–Kier alpha value is -1.65. The fourth-order valence-electron chi connectivity index (χ4n) is 2.38. The minimum Gasteiger partial charge on any atom is -0.476 e. The molecule has 1 aromatic rings. The third-order valence-electron chi connectivity index (χ3n) is 3.45. The van der Waals surface area contributed by atoms with Crippen LogP contribution in [0.4, 0.5) is 0 Å². The molecule has 0 aliphatic heterocycles. The van der Waals surface area contributed by atoms with Crippen LogP contribution in [0.5, 0.6) is 5.88 Å². The lowest BCUT2D eigenvalue weighted by atomic mass is 9.85. The topological polar surface area (TPSA) is 72.3 Å². The van der Waals surface area contributed by atoms with Crippen molar-refractivity contribution in [2.75, 3.05) is 0 Å². The van der Waals surface area contributed by atoms with E-state index >= 15 is 0 Å². The summed E-state index contributed by atoms with van der Waals surface area (Å²) in [5, 5.41) is 8.72. The summed E-state index contributed by atoms with van der Waals surface area (Å²) in [6, 6.07) is 0. The second-order valence-corrected chi connectivity index (χ2v) is 4.73. The number of carboxylic acids is 1. The van der Waals surface area contributed by atoms with E-state index in [0.29, 0.717) is 5.88 Å². The SMILES string of the molecule is CCC1CCCC(Oc2cnc(C(=O)O)cn2)C1. The number of carbonyl (C=O) groups is 1. The number of carboxylic acid groups (broad SMARTS) is 1. The van der Waals surface area contributed by atoms with E-state index in [0.717, 1.165) is 18.8 Å². The Morgan fingerprint density at radius 1 is 1.44 bits per heavy atom. The van der Waals surface area contributed by atoms with E-state index in [9.17, 15) is 4.79 Å². The van der Waals surface area contributed by atoms with E-state index in [-0.39, 0.29) is 11.8 Å². The van der Waals surface area contributed by atoms with Gasteiger partial charge in [-0.05, 0) is 25.2 Å². The lowest BCUT2D eigenvalue weighted by Gasteiger charge is -2.28. The molecule has 0 aromatic carbocycles. The summed E-state index contributed by atoms with van der Waals surface area (Å²) in [5.74, 6) is 0.0783. The molecule has 1 aliphatic carbocycles. The molecular formula is C13H18N2O3. The van der Waals surface area contributed by atoms with Crippen LogP contribution in [0.2, 0.25) is 0 Å². The first-order valence-corrected chi connectivity index (χ1v) is 6.41. The van der Waals surface area contributed by atoms with Gasteiger partial charge in [0.1, 0.15) is 6.10 Å². The van der Waals surface area contributed by atoms with Crippen molar-refractivity contribution in [1.29, 1.82) is 0 Å². The Bertz CT molecular complexity index is 405. The molecule has 2 atom stereocenters. The second kappa shape index (κ2) is 5.80. The zero-order chi connectivity index (χ0) is 13.0. The summed E-state index contributed by atoms with van der Waals surface area (Å²) in [4.78, 5) is 18.4. The molecular weight excluding hydrogens is 232 g/mol. The van der Waals surface area contributed by atoms with E-state index in [1.165, 1.54) is 31.7 Å². The van der Waals surface area contributed by atoms with E-state index < -0.39 is 5.97 Å². The van der Waals surface area contributed by atoms with Gasteiger partial charge >= 0.3 is 5.97 Å². The first-order chi connectivity index (χ1) is 8.69. The molecule has 0 amide bonds. The molecule has 1 aliphatic rings. The van der Waals surface area contributed by atoms with Gasteiger partial charge in [0.2, 0.25) is 5.88 Å². The summed E-state index contributed by atoms with van der Waals surface area (Å²) in [5.41, 5.74) is -0.0579. The molecule has 2 rings (SSSR count). The fraction of sp³-hybridized carbons (Fsp3) is 0.615. The Labute approximate surface area is 106 Å². The van der Waals surface area contributed by atoms with Gasteiger partial charge in [0.25, 0.3) is 0 Å². The average Bonchev–Trinajstić information content (AvgIpc) is 2.39. The van der Waals surface area contributed by atoms with Crippen LogP contribution in [0, 0.1) is 5.92 Å². The number of hydrogen-bond acceptors (Lipinski definition) is 4. The van der Waals surface area contributed by atoms with Crippen LogP contribution in [-0.4, -0.2) is 27.1 Å². The van der Waals surface area contributed by atoms with Crippen molar-refractivity contribution in [3.05, 3.63) is 18.1 Å². The normalized spacial score (nSPS) is 23.6. The molecule has 1 N–H and O–H groups in total. The molecule has 1 fully saturated rings. The summed E-state index contributed by atoms with van der Waals surface area (Å²) >= 11 is 0. The number of aromatic nitrogens is 2. The van der Waals surface area contributed by atoms with Gasteiger partial charge in [-0.25, -0.2) is 14.8 Å². The van der Waals surface area contributed by atoms with E-state index in [4.69, 9.17) is 9.84 Å². The Morgan fingerprint density at radius 2 is 2.28 bits per heavy atom. The van der Waals surface area contributed by atoms with Crippen molar-refractivity contribution in [3.8, 4) is 5.88 Å². The van der Waals surface area contributed by atoms with E-state index in [1.54, 1.807) is 0 Å². The third kappa shape index (κ3) is 3.18. The van der Waals surface area contributed by atoms with Gasteiger partial charge in [-0.1, -0.05) is 19.8 Å². The van der Waals surface area contributed by atoms with Crippen LogP contribution >= 0.6 is 0 Å². The van der Waals surface area contributed by atoms with E-state index in [1.807, 2.05) is 0 Å². The highest BCUT2D eigenvalue weighted by Gasteiger charge is 2.22. The molecule has 1 saturated carbocycles. The number of nitrogens with zero attached hydrogens (tertiary/aromatic N) is 2. The largest absolute Gasteiger partial charge is 0.476 e. The highest BCUT2D eigenvalue weighted by atomic mass is 16.5. The second-order valence-electron chi connectivity index (χ2n) is 4.73. The Morgan fingerprint density at radius 3 is 2.89 bits per heavy atom. The molecule has 0 saturated heterocycles. The molecule has 1 aromatic heterocycles.